The third kappa shape index (κ3) is 4.39. The summed E-state index contributed by atoms with van der Waals surface area (Å²) in [5, 5.41) is 1.92. The minimum Gasteiger partial charge on any atom is -0.348 e. The van der Waals surface area contributed by atoms with Gasteiger partial charge in [-0.3, -0.25) is 9.59 Å². The first kappa shape index (κ1) is 17.9. The number of rotatable bonds is 5. The highest BCUT2D eigenvalue weighted by atomic mass is 32.2. The summed E-state index contributed by atoms with van der Waals surface area (Å²) >= 11 is 0. The van der Waals surface area contributed by atoms with Gasteiger partial charge in [0.15, 0.2) is 5.25 Å². The number of sulfonamides is 1. The molecular formula is C12H24N4O4S. The molecule has 1 aliphatic rings. The predicted octanol–water partition coefficient (Wildman–Crippen LogP) is -1.84. The molecule has 1 aliphatic heterocycles. The molecule has 0 aromatic carbocycles. The average molecular weight is 320 g/mol. The number of piperazine rings is 1. The largest absolute Gasteiger partial charge is 0.348 e. The van der Waals surface area contributed by atoms with Gasteiger partial charge < -0.3 is 15.1 Å². The van der Waals surface area contributed by atoms with Crippen LogP contribution in [-0.4, -0.2) is 93.5 Å². The van der Waals surface area contributed by atoms with E-state index < -0.39 is 21.2 Å². The van der Waals surface area contributed by atoms with E-state index in [0.29, 0.717) is 26.2 Å². The maximum atomic E-state index is 12.3. The summed E-state index contributed by atoms with van der Waals surface area (Å²) in [6.45, 7) is 3.64. The molecule has 1 N–H and O–H groups in total. The van der Waals surface area contributed by atoms with Gasteiger partial charge in [0, 0.05) is 47.3 Å². The summed E-state index contributed by atoms with van der Waals surface area (Å²) in [5.74, 6) is -0.747. The molecule has 8 nitrogen and oxygen atoms in total. The highest BCUT2D eigenvalue weighted by molar-refractivity contribution is 7.90. The Hall–Kier alpha value is -1.19. The van der Waals surface area contributed by atoms with Crippen molar-refractivity contribution in [2.75, 3.05) is 53.9 Å². The summed E-state index contributed by atoms with van der Waals surface area (Å²) in [6, 6.07) is 0. The van der Waals surface area contributed by atoms with Gasteiger partial charge in [-0.15, -0.1) is 0 Å². The second-order valence-electron chi connectivity index (χ2n) is 5.31. The van der Waals surface area contributed by atoms with Gasteiger partial charge in [0.1, 0.15) is 0 Å². The highest BCUT2D eigenvalue weighted by Gasteiger charge is 2.34. The van der Waals surface area contributed by atoms with Gasteiger partial charge in [-0.25, -0.2) is 8.42 Å². The first-order valence-corrected chi connectivity index (χ1v) is 8.33. The Labute approximate surface area is 126 Å². The summed E-state index contributed by atoms with van der Waals surface area (Å²) < 4.78 is 25.5. The molecular weight excluding hydrogens is 296 g/mol. The third-order valence-corrected chi connectivity index (χ3v) is 5.59. The zero-order valence-corrected chi connectivity index (χ0v) is 13.8. The molecule has 1 atom stereocenters. The van der Waals surface area contributed by atoms with Crippen LogP contribution in [0.1, 0.15) is 6.92 Å². The maximum absolute atomic E-state index is 12.3. The predicted molar refractivity (Wildman–Crippen MR) is 79.2 cm³/mol. The van der Waals surface area contributed by atoms with Crippen LogP contribution >= 0.6 is 0 Å². The molecule has 0 saturated carbocycles. The quantitative estimate of drug-likeness (QED) is 0.643. The molecule has 0 aliphatic carbocycles. The lowest BCUT2D eigenvalue weighted by atomic mass is 10.3. The van der Waals surface area contributed by atoms with Gasteiger partial charge in [0.2, 0.25) is 21.8 Å². The SMILES string of the molecule is CC(C(=O)N(C)C)S(=O)(=O)N(C)CC(=O)N1CCNCC1. The zero-order chi connectivity index (χ0) is 16.2. The van der Waals surface area contributed by atoms with E-state index >= 15 is 0 Å². The molecule has 0 radical (unpaired) electrons. The van der Waals surface area contributed by atoms with Crippen LogP contribution in [0.25, 0.3) is 0 Å². The van der Waals surface area contributed by atoms with Crippen LogP contribution < -0.4 is 5.32 Å². The number of likely N-dealkylation sites (N-methyl/N-ethyl adjacent to an activating group) is 1. The van der Waals surface area contributed by atoms with E-state index in [9.17, 15) is 18.0 Å². The normalized spacial score (nSPS) is 17.7. The van der Waals surface area contributed by atoms with Crippen molar-refractivity contribution in [1.82, 2.24) is 19.4 Å². The second kappa shape index (κ2) is 7.19. The van der Waals surface area contributed by atoms with Crippen LogP contribution in [0, 0.1) is 0 Å². The molecule has 2 amide bonds. The van der Waals surface area contributed by atoms with Crippen molar-refractivity contribution < 1.29 is 18.0 Å². The fourth-order valence-electron chi connectivity index (χ4n) is 2.06. The van der Waals surface area contributed by atoms with Gasteiger partial charge in [-0.1, -0.05) is 0 Å². The summed E-state index contributed by atoms with van der Waals surface area (Å²) in [7, 11) is 0.491. The van der Waals surface area contributed by atoms with E-state index in [2.05, 4.69) is 5.32 Å². The van der Waals surface area contributed by atoms with E-state index in [1.54, 1.807) is 4.90 Å². The number of hydrogen-bond acceptors (Lipinski definition) is 5. The van der Waals surface area contributed by atoms with Gasteiger partial charge in [0.05, 0.1) is 6.54 Å². The van der Waals surface area contributed by atoms with Crippen LogP contribution in [0.5, 0.6) is 0 Å². The lowest BCUT2D eigenvalue weighted by Gasteiger charge is -2.30. The first-order chi connectivity index (χ1) is 9.67. The number of carbonyl (C=O) groups is 2. The van der Waals surface area contributed by atoms with Crippen molar-refractivity contribution in [2.45, 2.75) is 12.2 Å². The Morgan fingerprint density at radius 2 is 1.71 bits per heavy atom. The van der Waals surface area contributed by atoms with Crippen LogP contribution in [0.15, 0.2) is 0 Å². The van der Waals surface area contributed by atoms with Crippen molar-refractivity contribution in [2.24, 2.45) is 0 Å². The Kier molecular flexibility index (Phi) is 6.11. The molecule has 0 aromatic rings. The van der Waals surface area contributed by atoms with Crippen LogP contribution in [0.3, 0.4) is 0 Å². The minimum absolute atomic E-state index is 0.243. The summed E-state index contributed by atoms with van der Waals surface area (Å²) in [4.78, 5) is 26.7. The molecule has 1 fully saturated rings. The molecule has 1 unspecified atom stereocenters. The minimum atomic E-state index is -3.84. The van der Waals surface area contributed by atoms with Crippen LogP contribution in [0.2, 0.25) is 0 Å². The van der Waals surface area contributed by atoms with Crippen molar-refractivity contribution in [3.8, 4) is 0 Å². The lowest BCUT2D eigenvalue weighted by molar-refractivity contribution is -0.132. The molecule has 0 bridgehead atoms. The van der Waals surface area contributed by atoms with E-state index in [1.807, 2.05) is 0 Å². The summed E-state index contributed by atoms with van der Waals surface area (Å²) in [5.41, 5.74) is 0. The molecule has 9 heteroatoms. The zero-order valence-electron chi connectivity index (χ0n) is 13.0. The third-order valence-electron chi connectivity index (χ3n) is 3.50. The molecule has 0 spiro atoms. The van der Waals surface area contributed by atoms with Gasteiger partial charge >= 0.3 is 0 Å². The summed E-state index contributed by atoms with van der Waals surface area (Å²) in [6.07, 6.45) is 0. The number of amides is 2. The standard InChI is InChI=1S/C12H24N4O4S/c1-10(12(18)14(2)3)21(19,20)15(4)9-11(17)16-7-5-13-6-8-16/h10,13H,5-9H2,1-4H3. The highest BCUT2D eigenvalue weighted by Crippen LogP contribution is 2.10. The number of nitrogens with one attached hydrogen (secondary N) is 1. The van der Waals surface area contributed by atoms with Crippen LogP contribution in [-0.2, 0) is 19.6 Å². The van der Waals surface area contributed by atoms with Gasteiger partial charge in [-0.05, 0) is 6.92 Å². The lowest BCUT2D eigenvalue weighted by Crippen LogP contribution is -2.51. The Balaban J connectivity index is 2.70. The number of nitrogens with zero attached hydrogens (tertiary/aromatic N) is 3. The maximum Gasteiger partial charge on any atom is 0.241 e. The van der Waals surface area contributed by atoms with E-state index in [0.717, 1.165) is 4.31 Å². The first-order valence-electron chi connectivity index (χ1n) is 6.82. The fraction of sp³-hybridized carbons (Fsp3) is 0.833. The van der Waals surface area contributed by atoms with Crippen LogP contribution in [0.4, 0.5) is 0 Å². The molecule has 1 saturated heterocycles. The number of hydrogen-bond donors (Lipinski definition) is 1. The second-order valence-corrected chi connectivity index (χ2v) is 7.67. The van der Waals surface area contributed by atoms with Gasteiger partial charge in [0.25, 0.3) is 0 Å². The van der Waals surface area contributed by atoms with Crippen molar-refractivity contribution >= 4 is 21.8 Å². The van der Waals surface area contributed by atoms with Gasteiger partial charge in [-0.2, -0.15) is 4.31 Å². The molecule has 0 aromatic heterocycles. The van der Waals surface area contributed by atoms with Crippen molar-refractivity contribution in [3.63, 3.8) is 0 Å². The molecule has 122 valence electrons. The Bertz CT molecular complexity index is 485. The Morgan fingerprint density at radius 1 is 1.19 bits per heavy atom. The van der Waals surface area contributed by atoms with Crippen molar-refractivity contribution in [1.29, 1.82) is 0 Å². The average Bonchev–Trinajstić information content (AvgIpc) is 2.46. The van der Waals surface area contributed by atoms with E-state index in [-0.39, 0.29) is 12.5 Å². The monoisotopic (exact) mass is 320 g/mol. The molecule has 1 heterocycles. The smallest absolute Gasteiger partial charge is 0.241 e. The van der Waals surface area contributed by atoms with Crippen molar-refractivity contribution in [3.05, 3.63) is 0 Å². The molecule has 1 rings (SSSR count). The Morgan fingerprint density at radius 3 is 2.19 bits per heavy atom. The van der Waals surface area contributed by atoms with E-state index in [4.69, 9.17) is 0 Å². The fourth-order valence-corrected chi connectivity index (χ4v) is 3.35. The topological polar surface area (TPSA) is 90.0 Å². The molecule has 21 heavy (non-hydrogen) atoms. The van der Waals surface area contributed by atoms with E-state index in [1.165, 1.54) is 33.0 Å². The number of carbonyl (C=O) groups excluding carboxylic acids is 2.